The maximum absolute atomic E-state index is 13.2. The highest BCUT2D eigenvalue weighted by Gasteiger charge is 2.41. The molecule has 0 spiro atoms. The molecule has 2 aromatic carbocycles. The molecule has 0 radical (unpaired) electrons. The van der Waals surface area contributed by atoms with Crippen LogP contribution in [0.25, 0.3) is 0 Å². The van der Waals surface area contributed by atoms with Gasteiger partial charge in [0.05, 0.1) is 4.90 Å². The molecule has 1 amide bonds. The van der Waals surface area contributed by atoms with Gasteiger partial charge in [-0.25, -0.2) is 18.3 Å². The van der Waals surface area contributed by atoms with E-state index in [1.165, 1.54) is 48.5 Å². The van der Waals surface area contributed by atoms with Gasteiger partial charge in [-0.05, 0) is 67.3 Å². The van der Waals surface area contributed by atoms with Gasteiger partial charge in [0.25, 0.3) is 5.91 Å². The van der Waals surface area contributed by atoms with Gasteiger partial charge in [0.15, 0.2) is 0 Å². The largest absolute Gasteiger partial charge is 0.457 e. The van der Waals surface area contributed by atoms with E-state index in [1.807, 2.05) is 0 Å². The number of hydrogen-bond donors (Lipinski definition) is 2. The van der Waals surface area contributed by atoms with Gasteiger partial charge in [-0.3, -0.25) is 14.9 Å². The Bertz CT molecular complexity index is 1030. The zero-order chi connectivity index (χ0) is 22.0. The van der Waals surface area contributed by atoms with Crippen molar-refractivity contribution >= 4 is 28.3 Å². The Hall–Kier alpha value is -2.24. The van der Waals surface area contributed by atoms with Crippen molar-refractivity contribution in [1.82, 2.24) is 14.7 Å². The fourth-order valence-corrected chi connectivity index (χ4v) is 5.25. The molecular weight excluding hydrogens is 461 g/mol. The van der Waals surface area contributed by atoms with Crippen molar-refractivity contribution in [3.05, 3.63) is 54.3 Å². The number of piperazine rings is 1. The minimum Gasteiger partial charge on any atom is -0.457 e. The summed E-state index contributed by atoms with van der Waals surface area (Å²) in [6, 6.07) is 10.3. The molecule has 1 aliphatic carbocycles. The lowest BCUT2D eigenvalue weighted by molar-refractivity contribution is -0.135. The Labute approximate surface area is 192 Å². The highest BCUT2D eigenvalue weighted by Crippen LogP contribution is 2.31. The van der Waals surface area contributed by atoms with Crippen LogP contribution in [-0.2, 0) is 14.8 Å². The topological polar surface area (TPSA) is 99.2 Å². The van der Waals surface area contributed by atoms with Gasteiger partial charge >= 0.3 is 0 Å². The van der Waals surface area contributed by atoms with Crippen LogP contribution in [-0.4, -0.2) is 61.0 Å². The molecule has 0 aromatic heterocycles. The normalized spacial score (nSPS) is 19.8. The number of nitrogens with zero attached hydrogens (tertiary/aromatic N) is 2. The second kappa shape index (κ2) is 10.1. The number of hydroxylamine groups is 1. The van der Waals surface area contributed by atoms with E-state index in [9.17, 15) is 17.6 Å². The van der Waals surface area contributed by atoms with Crippen molar-refractivity contribution in [3.63, 3.8) is 0 Å². The number of nitrogens with one attached hydrogen (secondary N) is 1. The molecule has 1 saturated heterocycles. The molecular formula is C21H25ClFN3O5S. The number of amides is 1. The minimum atomic E-state index is -3.97. The Kier molecular flexibility index (Phi) is 7.73. The second-order valence-corrected chi connectivity index (χ2v) is 9.73. The zero-order valence-corrected chi connectivity index (χ0v) is 18.8. The number of carbonyl (C=O) groups is 1. The highest BCUT2D eigenvalue weighted by atomic mass is 35.5. The Morgan fingerprint density at radius 3 is 2.22 bits per heavy atom. The first-order chi connectivity index (χ1) is 14.9. The third-order valence-corrected chi connectivity index (χ3v) is 7.44. The van der Waals surface area contributed by atoms with Crippen molar-refractivity contribution in [2.75, 3.05) is 26.2 Å². The molecule has 2 aliphatic rings. The SMILES string of the molecule is Cl.O=C(NO)C1CN(CC2CC2)CCN1S(=O)(=O)c1ccc(Oc2ccc(F)cc2)cc1. The molecule has 11 heteroatoms. The van der Waals surface area contributed by atoms with E-state index < -0.39 is 22.0 Å². The standard InChI is InChI=1S/C21H24FN3O5S.ClH/c22-16-3-5-17(6-4-16)30-18-7-9-19(10-8-18)31(28,29)25-12-11-24(13-15-1-2-15)14-20(25)21(26)23-27;/h3-10,15,20,27H,1-2,11-14H2,(H,23,26);1H. The summed E-state index contributed by atoms with van der Waals surface area (Å²) in [4.78, 5) is 14.3. The maximum Gasteiger partial charge on any atom is 0.263 e. The van der Waals surface area contributed by atoms with Gasteiger partial charge in [-0.1, -0.05) is 0 Å². The Morgan fingerprint density at radius 2 is 1.66 bits per heavy atom. The van der Waals surface area contributed by atoms with Gasteiger partial charge in [0.1, 0.15) is 23.4 Å². The fraction of sp³-hybridized carbons (Fsp3) is 0.381. The van der Waals surface area contributed by atoms with Crippen LogP contribution in [0.4, 0.5) is 4.39 Å². The Balaban J connectivity index is 0.00000289. The molecule has 2 N–H and O–H groups in total. The number of rotatable bonds is 7. The van der Waals surface area contributed by atoms with Crippen molar-refractivity contribution in [1.29, 1.82) is 0 Å². The van der Waals surface area contributed by atoms with E-state index in [0.717, 1.165) is 23.7 Å². The van der Waals surface area contributed by atoms with Gasteiger partial charge in [0.2, 0.25) is 10.0 Å². The molecule has 32 heavy (non-hydrogen) atoms. The Morgan fingerprint density at radius 1 is 1.06 bits per heavy atom. The monoisotopic (exact) mass is 485 g/mol. The van der Waals surface area contributed by atoms with E-state index in [4.69, 9.17) is 9.94 Å². The van der Waals surface area contributed by atoms with Crippen LogP contribution in [0.15, 0.2) is 53.4 Å². The maximum atomic E-state index is 13.2. The van der Waals surface area contributed by atoms with E-state index in [1.54, 1.807) is 5.48 Å². The number of carbonyl (C=O) groups excluding carboxylic acids is 1. The van der Waals surface area contributed by atoms with Crippen molar-refractivity contribution < 1.29 is 27.5 Å². The number of halogens is 2. The molecule has 2 aromatic rings. The molecule has 1 saturated carbocycles. The van der Waals surface area contributed by atoms with Crippen LogP contribution in [0.3, 0.4) is 0 Å². The predicted molar refractivity (Wildman–Crippen MR) is 117 cm³/mol. The van der Waals surface area contributed by atoms with Crippen molar-refractivity contribution in [2.24, 2.45) is 5.92 Å². The quantitative estimate of drug-likeness (QED) is 0.462. The van der Waals surface area contributed by atoms with E-state index in [0.29, 0.717) is 24.0 Å². The number of sulfonamides is 1. The van der Waals surface area contributed by atoms with Crippen molar-refractivity contribution in [2.45, 2.75) is 23.8 Å². The third kappa shape index (κ3) is 5.57. The third-order valence-electron chi connectivity index (χ3n) is 5.52. The zero-order valence-electron chi connectivity index (χ0n) is 17.2. The molecule has 1 unspecified atom stereocenters. The summed E-state index contributed by atoms with van der Waals surface area (Å²) in [5, 5.41) is 9.14. The summed E-state index contributed by atoms with van der Waals surface area (Å²) in [7, 11) is -3.97. The summed E-state index contributed by atoms with van der Waals surface area (Å²) < 4.78 is 46.2. The number of ether oxygens (including phenoxy) is 1. The fourth-order valence-electron chi connectivity index (χ4n) is 3.68. The predicted octanol–water partition coefficient (Wildman–Crippen LogP) is 2.63. The molecule has 2 fully saturated rings. The van der Waals surface area contributed by atoms with Crippen LogP contribution in [0.1, 0.15) is 12.8 Å². The molecule has 174 valence electrons. The lowest BCUT2D eigenvalue weighted by Gasteiger charge is -2.39. The minimum absolute atomic E-state index is 0. The summed E-state index contributed by atoms with van der Waals surface area (Å²) in [6.45, 7) is 1.74. The van der Waals surface area contributed by atoms with E-state index in [2.05, 4.69) is 4.90 Å². The molecule has 1 aliphatic heterocycles. The van der Waals surface area contributed by atoms with E-state index >= 15 is 0 Å². The molecule has 4 rings (SSSR count). The van der Waals surface area contributed by atoms with E-state index in [-0.39, 0.29) is 36.2 Å². The van der Waals surface area contributed by atoms with Gasteiger partial charge in [0, 0.05) is 26.2 Å². The average molecular weight is 486 g/mol. The summed E-state index contributed by atoms with van der Waals surface area (Å²) >= 11 is 0. The lowest BCUT2D eigenvalue weighted by Crippen LogP contribution is -2.60. The van der Waals surface area contributed by atoms with Crippen LogP contribution < -0.4 is 10.2 Å². The summed E-state index contributed by atoms with van der Waals surface area (Å²) in [6.07, 6.45) is 2.31. The average Bonchev–Trinajstić information content (AvgIpc) is 3.59. The first kappa shape index (κ1) is 24.4. The second-order valence-electron chi connectivity index (χ2n) is 7.84. The number of benzene rings is 2. The van der Waals surface area contributed by atoms with Gasteiger partial charge in [-0.15, -0.1) is 12.4 Å². The van der Waals surface area contributed by atoms with Crippen LogP contribution >= 0.6 is 12.4 Å². The summed E-state index contributed by atoms with van der Waals surface area (Å²) in [5.41, 5.74) is 1.60. The first-order valence-corrected chi connectivity index (χ1v) is 11.5. The van der Waals surface area contributed by atoms with Gasteiger partial charge in [-0.2, -0.15) is 4.31 Å². The smallest absolute Gasteiger partial charge is 0.263 e. The first-order valence-electron chi connectivity index (χ1n) is 10.1. The molecule has 0 bridgehead atoms. The van der Waals surface area contributed by atoms with Crippen LogP contribution in [0.2, 0.25) is 0 Å². The molecule has 1 atom stereocenters. The molecule has 1 heterocycles. The summed E-state index contributed by atoms with van der Waals surface area (Å²) in [5.74, 6) is 0.287. The van der Waals surface area contributed by atoms with Crippen molar-refractivity contribution in [3.8, 4) is 11.5 Å². The van der Waals surface area contributed by atoms with Crippen LogP contribution in [0.5, 0.6) is 11.5 Å². The highest BCUT2D eigenvalue weighted by molar-refractivity contribution is 7.89. The number of hydrogen-bond acceptors (Lipinski definition) is 6. The van der Waals surface area contributed by atoms with Gasteiger partial charge < -0.3 is 4.74 Å². The lowest BCUT2D eigenvalue weighted by atomic mass is 10.2. The van der Waals surface area contributed by atoms with Crippen LogP contribution in [0, 0.1) is 11.7 Å². The molecule has 8 nitrogen and oxygen atoms in total.